The lowest BCUT2D eigenvalue weighted by Gasteiger charge is -1.96. The van der Waals surface area contributed by atoms with Crippen molar-refractivity contribution in [3.8, 4) is 0 Å². The van der Waals surface area contributed by atoms with E-state index in [1.807, 2.05) is 18.4 Å². The predicted molar refractivity (Wildman–Crippen MR) is 73.7 cm³/mol. The number of anilines is 1. The molecule has 0 aliphatic carbocycles. The topological polar surface area (TPSA) is 80.9 Å². The summed E-state index contributed by atoms with van der Waals surface area (Å²) in [4.78, 5) is 12.1. The van der Waals surface area contributed by atoms with Gasteiger partial charge in [-0.2, -0.15) is 0 Å². The highest BCUT2D eigenvalue weighted by Gasteiger charge is 2.17. The minimum absolute atomic E-state index is 0.177. The van der Waals surface area contributed by atoms with Crippen LogP contribution >= 0.6 is 23.1 Å². The van der Waals surface area contributed by atoms with Gasteiger partial charge in [0.15, 0.2) is 4.34 Å². The molecule has 0 aliphatic rings. The van der Waals surface area contributed by atoms with Crippen LogP contribution in [-0.2, 0) is 0 Å². The minimum Gasteiger partial charge on any atom is -0.350 e. The molecule has 0 spiro atoms. The van der Waals surface area contributed by atoms with Crippen LogP contribution in [0.5, 0.6) is 0 Å². The molecule has 0 saturated heterocycles. The van der Waals surface area contributed by atoms with Crippen molar-refractivity contribution in [2.24, 2.45) is 0 Å². The summed E-state index contributed by atoms with van der Waals surface area (Å²) in [6, 6.07) is 7.23. The normalized spacial score (nSPS) is 10.8. The zero-order valence-corrected chi connectivity index (χ0v) is 11.4. The second-order valence-electron chi connectivity index (χ2n) is 3.56. The molecule has 0 bridgehead atoms. The van der Waals surface area contributed by atoms with E-state index >= 15 is 0 Å². The lowest BCUT2D eigenvalue weighted by Crippen LogP contribution is -2.11. The molecular weight excluding hydrogens is 284 g/mol. The fourth-order valence-electron chi connectivity index (χ4n) is 1.55. The largest absolute Gasteiger partial charge is 0.350 e. The predicted octanol–water partition coefficient (Wildman–Crippen LogP) is 2.65. The fourth-order valence-corrected chi connectivity index (χ4v) is 2.71. The Bertz CT molecular complexity index is 737. The molecule has 2 heterocycles. The Morgan fingerprint density at radius 1 is 1.37 bits per heavy atom. The molecule has 0 saturated carbocycles. The lowest BCUT2D eigenvalue weighted by atomic mass is 10.2. The van der Waals surface area contributed by atoms with Gasteiger partial charge in [0.2, 0.25) is 10.9 Å². The minimum atomic E-state index is -0.377. The second-order valence-corrected chi connectivity index (χ2v) is 5.59. The van der Waals surface area contributed by atoms with Crippen LogP contribution in [-0.4, -0.2) is 27.5 Å². The Kier molecular flexibility index (Phi) is 3.18. The molecule has 3 rings (SSSR count). The molecule has 3 aromatic rings. The number of fused-ring (bicyclic) bond motifs is 1. The smallest absolute Gasteiger partial charge is 0.296 e. The molecular formula is C11H8N4O2S2. The third-order valence-electron chi connectivity index (χ3n) is 2.39. The van der Waals surface area contributed by atoms with E-state index in [-0.39, 0.29) is 11.7 Å². The molecule has 0 atom stereocenters. The first kappa shape index (κ1) is 12.1. The molecule has 1 N–H and O–H groups in total. The van der Waals surface area contributed by atoms with Gasteiger partial charge in [-0.15, -0.1) is 10.2 Å². The number of aromatic nitrogens is 3. The van der Waals surface area contributed by atoms with Crippen molar-refractivity contribution in [1.82, 2.24) is 15.4 Å². The van der Waals surface area contributed by atoms with Crippen LogP contribution in [0, 0.1) is 0 Å². The van der Waals surface area contributed by atoms with E-state index in [4.69, 9.17) is 4.52 Å². The second kappa shape index (κ2) is 4.98. The summed E-state index contributed by atoms with van der Waals surface area (Å²) < 4.78 is 5.86. The summed E-state index contributed by atoms with van der Waals surface area (Å²) in [5.41, 5.74) is 0.648. The van der Waals surface area contributed by atoms with E-state index in [1.165, 1.54) is 23.1 Å². The van der Waals surface area contributed by atoms with Gasteiger partial charge in [0, 0.05) is 0 Å². The first-order valence-electron chi connectivity index (χ1n) is 5.31. The van der Waals surface area contributed by atoms with Crippen molar-refractivity contribution in [1.29, 1.82) is 0 Å². The molecule has 8 heteroatoms. The maximum Gasteiger partial charge on any atom is 0.296 e. The van der Waals surface area contributed by atoms with Crippen LogP contribution in [0.4, 0.5) is 5.13 Å². The van der Waals surface area contributed by atoms with Gasteiger partial charge in [-0.05, 0) is 18.4 Å². The summed E-state index contributed by atoms with van der Waals surface area (Å²) in [5.74, 6) is -0.200. The van der Waals surface area contributed by atoms with Gasteiger partial charge in [-0.3, -0.25) is 10.1 Å². The molecule has 1 amide bonds. The van der Waals surface area contributed by atoms with Gasteiger partial charge in [0.25, 0.3) is 5.91 Å². The number of amides is 1. The quantitative estimate of drug-likeness (QED) is 0.590. The van der Waals surface area contributed by atoms with Gasteiger partial charge >= 0.3 is 0 Å². The Labute approximate surface area is 116 Å². The SMILES string of the molecule is CSc1nnc(NC(=O)c2onc3ccccc23)s1. The summed E-state index contributed by atoms with van der Waals surface area (Å²) in [7, 11) is 0. The van der Waals surface area contributed by atoms with Gasteiger partial charge in [-0.25, -0.2) is 0 Å². The van der Waals surface area contributed by atoms with E-state index in [1.54, 1.807) is 12.1 Å². The molecule has 19 heavy (non-hydrogen) atoms. The van der Waals surface area contributed by atoms with E-state index in [0.29, 0.717) is 16.0 Å². The summed E-state index contributed by atoms with van der Waals surface area (Å²) in [5, 5.41) is 15.4. The number of carbonyl (C=O) groups is 1. The number of benzene rings is 1. The zero-order valence-electron chi connectivity index (χ0n) is 9.78. The lowest BCUT2D eigenvalue weighted by molar-refractivity contribution is 0.0990. The number of rotatable bonds is 3. The first-order chi connectivity index (χ1) is 9.28. The average molecular weight is 292 g/mol. The molecule has 0 fully saturated rings. The van der Waals surface area contributed by atoms with Crippen LogP contribution in [0.3, 0.4) is 0 Å². The number of nitrogens with zero attached hydrogens (tertiary/aromatic N) is 3. The summed E-state index contributed by atoms with van der Waals surface area (Å²) >= 11 is 2.79. The van der Waals surface area contributed by atoms with Gasteiger partial charge in [0.05, 0.1) is 5.39 Å². The Balaban J connectivity index is 1.87. The number of nitrogens with one attached hydrogen (secondary N) is 1. The van der Waals surface area contributed by atoms with Crippen LogP contribution in [0.2, 0.25) is 0 Å². The molecule has 1 aromatic carbocycles. The molecule has 0 unspecified atom stereocenters. The zero-order chi connectivity index (χ0) is 13.2. The third kappa shape index (κ3) is 2.32. The van der Waals surface area contributed by atoms with Crippen LogP contribution < -0.4 is 5.32 Å². The maximum atomic E-state index is 12.1. The first-order valence-corrected chi connectivity index (χ1v) is 7.35. The third-order valence-corrected chi connectivity index (χ3v) is 4.21. The monoisotopic (exact) mass is 292 g/mol. The van der Waals surface area contributed by atoms with Crippen LogP contribution in [0.1, 0.15) is 10.6 Å². The summed E-state index contributed by atoms with van der Waals surface area (Å²) in [6.07, 6.45) is 1.90. The van der Waals surface area contributed by atoms with Crippen molar-refractivity contribution in [3.05, 3.63) is 30.0 Å². The van der Waals surface area contributed by atoms with Crippen molar-refractivity contribution >= 4 is 45.0 Å². The average Bonchev–Trinajstić information content (AvgIpc) is 3.04. The van der Waals surface area contributed by atoms with E-state index in [9.17, 15) is 4.79 Å². The van der Waals surface area contributed by atoms with E-state index in [2.05, 4.69) is 20.7 Å². The van der Waals surface area contributed by atoms with E-state index < -0.39 is 0 Å². The Hall–Kier alpha value is -1.93. The number of carbonyl (C=O) groups excluding carboxylic acids is 1. The molecule has 6 nitrogen and oxygen atoms in total. The Morgan fingerprint density at radius 3 is 3.00 bits per heavy atom. The van der Waals surface area contributed by atoms with Crippen molar-refractivity contribution in [2.45, 2.75) is 4.34 Å². The van der Waals surface area contributed by atoms with E-state index in [0.717, 1.165) is 4.34 Å². The van der Waals surface area contributed by atoms with Crippen LogP contribution in [0.25, 0.3) is 10.9 Å². The highest BCUT2D eigenvalue weighted by Crippen LogP contribution is 2.24. The van der Waals surface area contributed by atoms with Gasteiger partial charge in [-0.1, -0.05) is 40.4 Å². The highest BCUT2D eigenvalue weighted by atomic mass is 32.2. The summed E-state index contributed by atoms with van der Waals surface area (Å²) in [6.45, 7) is 0. The number of hydrogen-bond donors (Lipinski definition) is 1. The molecule has 96 valence electrons. The molecule has 2 aromatic heterocycles. The van der Waals surface area contributed by atoms with Gasteiger partial charge < -0.3 is 4.52 Å². The van der Waals surface area contributed by atoms with Crippen molar-refractivity contribution in [2.75, 3.05) is 11.6 Å². The standard InChI is InChI=1S/C11H8N4O2S2/c1-18-11-14-13-10(19-11)12-9(16)8-6-4-2-3-5-7(6)15-17-8/h2-5H,1H3,(H,12,13,16). The Morgan fingerprint density at radius 2 is 2.21 bits per heavy atom. The maximum absolute atomic E-state index is 12.1. The van der Waals surface area contributed by atoms with Crippen molar-refractivity contribution in [3.63, 3.8) is 0 Å². The van der Waals surface area contributed by atoms with Crippen LogP contribution in [0.15, 0.2) is 33.1 Å². The number of hydrogen-bond acceptors (Lipinski definition) is 7. The highest BCUT2D eigenvalue weighted by molar-refractivity contribution is 8.00. The molecule has 0 radical (unpaired) electrons. The number of thioether (sulfide) groups is 1. The fraction of sp³-hybridized carbons (Fsp3) is 0.0909. The van der Waals surface area contributed by atoms with Gasteiger partial charge in [0.1, 0.15) is 5.52 Å². The van der Waals surface area contributed by atoms with Crippen molar-refractivity contribution < 1.29 is 9.32 Å². The molecule has 0 aliphatic heterocycles.